The fourth-order valence-electron chi connectivity index (χ4n) is 2.50. The van der Waals surface area contributed by atoms with Crippen molar-refractivity contribution in [1.29, 1.82) is 0 Å². The highest BCUT2D eigenvalue weighted by Crippen LogP contribution is 2.12. The fraction of sp³-hybridized carbons (Fsp3) is 0.167. The van der Waals surface area contributed by atoms with Crippen LogP contribution in [0.25, 0.3) is 10.9 Å². The van der Waals surface area contributed by atoms with Crippen molar-refractivity contribution in [2.45, 2.75) is 12.8 Å². The van der Waals surface area contributed by atoms with E-state index < -0.39 is 5.91 Å². The number of hydrogen-bond acceptors (Lipinski definition) is 3. The summed E-state index contributed by atoms with van der Waals surface area (Å²) in [5, 5.41) is 9.87. The van der Waals surface area contributed by atoms with Crippen LogP contribution in [0.2, 0.25) is 0 Å². The van der Waals surface area contributed by atoms with Gasteiger partial charge in [0, 0.05) is 16.4 Å². The number of carbonyl (C=O) groups excluding carboxylic acids is 1. The zero-order valence-electron chi connectivity index (χ0n) is 12.9. The SMILES string of the molecule is O=C(NCCCc1cccc(Br)c1)c1n[nH]c2ccccc2c1=O. The van der Waals surface area contributed by atoms with Gasteiger partial charge in [0.2, 0.25) is 5.43 Å². The standard InChI is InChI=1S/C18H16BrN3O2/c19-13-7-3-5-12(11-13)6-4-10-20-18(24)16-17(23)14-8-1-2-9-15(14)21-22-16/h1-3,5,7-9,11H,4,6,10H2,(H,20,24)(H,21,23). The summed E-state index contributed by atoms with van der Waals surface area (Å²) in [5.41, 5.74) is 1.36. The fourth-order valence-corrected chi connectivity index (χ4v) is 2.94. The molecule has 3 aromatic rings. The van der Waals surface area contributed by atoms with Crippen molar-refractivity contribution in [3.8, 4) is 0 Å². The van der Waals surface area contributed by atoms with Crippen LogP contribution in [0.15, 0.2) is 57.8 Å². The van der Waals surface area contributed by atoms with Gasteiger partial charge in [-0.25, -0.2) is 0 Å². The van der Waals surface area contributed by atoms with E-state index in [0.717, 1.165) is 17.3 Å². The van der Waals surface area contributed by atoms with Gasteiger partial charge in [-0.1, -0.05) is 40.2 Å². The normalized spacial score (nSPS) is 10.7. The first kappa shape index (κ1) is 16.4. The highest BCUT2D eigenvalue weighted by atomic mass is 79.9. The molecule has 0 bridgehead atoms. The summed E-state index contributed by atoms with van der Waals surface area (Å²) in [6.07, 6.45) is 1.63. The van der Waals surface area contributed by atoms with Crippen molar-refractivity contribution in [3.05, 3.63) is 74.5 Å². The van der Waals surface area contributed by atoms with Crippen LogP contribution in [0.1, 0.15) is 22.5 Å². The first-order chi connectivity index (χ1) is 11.6. The first-order valence-electron chi connectivity index (χ1n) is 7.65. The Morgan fingerprint density at radius 2 is 2.00 bits per heavy atom. The lowest BCUT2D eigenvalue weighted by Gasteiger charge is -2.05. The molecule has 0 spiro atoms. The molecule has 2 aromatic carbocycles. The van der Waals surface area contributed by atoms with Crippen molar-refractivity contribution in [2.24, 2.45) is 0 Å². The van der Waals surface area contributed by atoms with Crippen LogP contribution in [-0.2, 0) is 6.42 Å². The number of amides is 1. The van der Waals surface area contributed by atoms with Crippen LogP contribution in [0, 0.1) is 0 Å². The molecule has 1 aromatic heterocycles. The van der Waals surface area contributed by atoms with Crippen LogP contribution < -0.4 is 10.7 Å². The molecule has 0 atom stereocenters. The van der Waals surface area contributed by atoms with Crippen LogP contribution in [-0.4, -0.2) is 22.6 Å². The predicted octanol–water partition coefficient (Wildman–Crippen LogP) is 3.05. The maximum absolute atomic E-state index is 12.3. The number of rotatable bonds is 5. The molecule has 0 aliphatic rings. The highest BCUT2D eigenvalue weighted by Gasteiger charge is 2.14. The minimum absolute atomic E-state index is 0.101. The number of fused-ring (bicyclic) bond motifs is 1. The van der Waals surface area contributed by atoms with Gasteiger partial charge in [0.15, 0.2) is 5.69 Å². The van der Waals surface area contributed by atoms with Crippen molar-refractivity contribution in [1.82, 2.24) is 15.5 Å². The van der Waals surface area contributed by atoms with E-state index in [1.54, 1.807) is 18.2 Å². The Balaban J connectivity index is 1.61. The first-order valence-corrected chi connectivity index (χ1v) is 8.44. The second-order valence-corrected chi connectivity index (χ2v) is 6.35. The predicted molar refractivity (Wildman–Crippen MR) is 97.2 cm³/mol. The summed E-state index contributed by atoms with van der Waals surface area (Å²) in [4.78, 5) is 24.5. The summed E-state index contributed by atoms with van der Waals surface area (Å²) in [6, 6.07) is 15.1. The second-order valence-electron chi connectivity index (χ2n) is 5.44. The molecule has 122 valence electrons. The number of benzene rings is 2. The molecule has 1 amide bonds. The molecular weight excluding hydrogens is 370 g/mol. The Kier molecular flexibility index (Phi) is 5.05. The van der Waals surface area contributed by atoms with Crippen molar-refractivity contribution >= 4 is 32.7 Å². The molecule has 0 aliphatic carbocycles. The highest BCUT2D eigenvalue weighted by molar-refractivity contribution is 9.10. The molecule has 0 saturated carbocycles. The topological polar surface area (TPSA) is 74.8 Å². The number of H-pyrrole nitrogens is 1. The number of hydrogen-bond donors (Lipinski definition) is 2. The van der Waals surface area contributed by atoms with Crippen molar-refractivity contribution in [2.75, 3.05) is 6.54 Å². The third kappa shape index (κ3) is 3.71. The zero-order chi connectivity index (χ0) is 16.9. The van der Waals surface area contributed by atoms with Crippen LogP contribution in [0.3, 0.4) is 0 Å². The summed E-state index contributed by atoms with van der Waals surface area (Å²) >= 11 is 3.44. The van der Waals surface area contributed by atoms with Crippen LogP contribution in [0.5, 0.6) is 0 Å². The van der Waals surface area contributed by atoms with Gasteiger partial charge >= 0.3 is 0 Å². The lowest BCUT2D eigenvalue weighted by atomic mass is 10.1. The zero-order valence-corrected chi connectivity index (χ0v) is 14.5. The Bertz CT molecular complexity index is 937. The van der Waals surface area contributed by atoms with Gasteiger partial charge in [0.1, 0.15) is 0 Å². The summed E-state index contributed by atoms with van der Waals surface area (Å²) in [6.45, 7) is 0.485. The molecule has 24 heavy (non-hydrogen) atoms. The van der Waals surface area contributed by atoms with E-state index in [9.17, 15) is 9.59 Å². The van der Waals surface area contributed by atoms with Gasteiger partial charge in [-0.15, -0.1) is 0 Å². The maximum Gasteiger partial charge on any atom is 0.275 e. The molecule has 0 fully saturated rings. The van der Waals surface area contributed by atoms with E-state index in [4.69, 9.17) is 0 Å². The number of nitrogens with zero attached hydrogens (tertiary/aromatic N) is 1. The Morgan fingerprint density at radius 3 is 2.83 bits per heavy atom. The molecule has 5 nitrogen and oxygen atoms in total. The van der Waals surface area contributed by atoms with E-state index in [2.05, 4.69) is 37.5 Å². The summed E-state index contributed by atoms with van der Waals surface area (Å²) in [7, 11) is 0. The molecule has 3 rings (SSSR count). The van der Waals surface area contributed by atoms with E-state index in [1.807, 2.05) is 24.3 Å². The van der Waals surface area contributed by atoms with Gasteiger partial charge in [0.05, 0.1) is 5.52 Å². The molecule has 0 aliphatic heterocycles. The van der Waals surface area contributed by atoms with Crippen molar-refractivity contribution in [3.63, 3.8) is 0 Å². The number of aromatic nitrogens is 2. The van der Waals surface area contributed by atoms with Crippen molar-refractivity contribution < 1.29 is 4.79 Å². The summed E-state index contributed by atoms with van der Waals surface area (Å²) < 4.78 is 1.04. The number of para-hydroxylation sites is 1. The van der Waals surface area contributed by atoms with Gasteiger partial charge in [-0.3, -0.25) is 14.7 Å². The lowest BCUT2D eigenvalue weighted by Crippen LogP contribution is -2.31. The van der Waals surface area contributed by atoms with Gasteiger partial charge < -0.3 is 5.32 Å². The minimum atomic E-state index is -0.448. The molecular formula is C18H16BrN3O2. The Morgan fingerprint density at radius 1 is 1.17 bits per heavy atom. The average Bonchev–Trinajstić information content (AvgIpc) is 2.59. The summed E-state index contributed by atoms with van der Waals surface area (Å²) in [5.74, 6) is -0.448. The van der Waals surface area contributed by atoms with E-state index in [0.29, 0.717) is 17.4 Å². The van der Waals surface area contributed by atoms with Crippen LogP contribution in [0.4, 0.5) is 0 Å². The Hall–Kier alpha value is -2.47. The number of aryl methyl sites for hydroxylation is 1. The van der Waals surface area contributed by atoms with Gasteiger partial charge in [-0.2, -0.15) is 5.10 Å². The van der Waals surface area contributed by atoms with E-state index in [1.165, 1.54) is 5.56 Å². The quantitative estimate of drug-likeness (QED) is 0.662. The second kappa shape index (κ2) is 7.40. The lowest BCUT2D eigenvalue weighted by molar-refractivity contribution is 0.0946. The number of carbonyl (C=O) groups is 1. The van der Waals surface area contributed by atoms with Gasteiger partial charge in [0.25, 0.3) is 5.91 Å². The molecule has 0 saturated heterocycles. The molecule has 6 heteroatoms. The molecule has 1 heterocycles. The number of aromatic amines is 1. The third-order valence-corrected chi connectivity index (χ3v) is 4.20. The molecule has 0 radical (unpaired) electrons. The van der Waals surface area contributed by atoms with E-state index in [-0.39, 0.29) is 11.1 Å². The minimum Gasteiger partial charge on any atom is -0.351 e. The largest absolute Gasteiger partial charge is 0.351 e. The third-order valence-electron chi connectivity index (χ3n) is 3.71. The maximum atomic E-state index is 12.3. The number of halogens is 1. The Labute approximate surface area is 147 Å². The van der Waals surface area contributed by atoms with Gasteiger partial charge in [-0.05, 0) is 42.7 Å². The van der Waals surface area contributed by atoms with E-state index >= 15 is 0 Å². The molecule has 0 unspecified atom stereocenters. The smallest absolute Gasteiger partial charge is 0.275 e. The molecule has 2 N–H and O–H groups in total. The average molecular weight is 386 g/mol. The monoisotopic (exact) mass is 385 g/mol. The number of nitrogens with one attached hydrogen (secondary N) is 2. The van der Waals surface area contributed by atoms with Crippen LogP contribution >= 0.6 is 15.9 Å².